The van der Waals surface area contributed by atoms with Gasteiger partial charge in [0.15, 0.2) is 0 Å². The van der Waals surface area contributed by atoms with Crippen LogP contribution in [0.5, 0.6) is 0 Å². The zero-order valence-corrected chi connectivity index (χ0v) is 13.1. The molecule has 1 aromatic carbocycles. The molecule has 2 rings (SSSR count). The highest BCUT2D eigenvalue weighted by atomic mass is 16.2. The molecule has 0 saturated heterocycles. The summed E-state index contributed by atoms with van der Waals surface area (Å²) < 4.78 is 1.88. The molecule has 0 aliphatic heterocycles. The van der Waals surface area contributed by atoms with E-state index in [0.717, 1.165) is 23.4 Å². The van der Waals surface area contributed by atoms with Crippen LogP contribution in [0.2, 0.25) is 0 Å². The van der Waals surface area contributed by atoms with E-state index in [4.69, 9.17) is 0 Å². The molecule has 0 spiro atoms. The van der Waals surface area contributed by atoms with Gasteiger partial charge in [-0.2, -0.15) is 10.2 Å². The molecule has 114 valence electrons. The number of benzene rings is 1. The topological polar surface area (TPSA) is 59.3 Å². The average Bonchev–Trinajstić information content (AvgIpc) is 2.88. The summed E-state index contributed by atoms with van der Waals surface area (Å²) in [6.07, 6.45) is 5.18. The standard InChI is InChI=1S/C17H20N4O/c1-4-21-14(3)16(12-19-21)11-18-20-17(22)13(2)10-15-8-6-5-7-9-15/h5-12H,4H2,1-3H3,(H,20,22). The molecule has 0 aliphatic carbocycles. The Bertz CT molecular complexity index is 699. The molecule has 22 heavy (non-hydrogen) atoms. The van der Waals surface area contributed by atoms with Crippen molar-refractivity contribution in [1.82, 2.24) is 15.2 Å². The van der Waals surface area contributed by atoms with Gasteiger partial charge in [0.05, 0.1) is 12.4 Å². The second-order valence-electron chi connectivity index (χ2n) is 4.94. The molecule has 1 aromatic heterocycles. The molecule has 1 amide bonds. The molecule has 0 saturated carbocycles. The van der Waals surface area contributed by atoms with E-state index < -0.39 is 0 Å². The van der Waals surface area contributed by atoms with Crippen molar-refractivity contribution in [2.45, 2.75) is 27.3 Å². The smallest absolute Gasteiger partial charge is 0.267 e. The molecule has 0 atom stereocenters. The lowest BCUT2D eigenvalue weighted by Gasteiger charge is -2.01. The molecule has 5 heteroatoms. The van der Waals surface area contributed by atoms with E-state index >= 15 is 0 Å². The monoisotopic (exact) mass is 296 g/mol. The molecule has 0 aliphatic rings. The molecular weight excluding hydrogens is 276 g/mol. The summed E-state index contributed by atoms with van der Waals surface area (Å²) in [6, 6.07) is 9.70. The molecule has 0 fully saturated rings. The first kappa shape index (κ1) is 15.7. The van der Waals surface area contributed by atoms with Crippen LogP contribution in [0, 0.1) is 6.92 Å². The van der Waals surface area contributed by atoms with Gasteiger partial charge in [0.2, 0.25) is 0 Å². The first-order chi connectivity index (χ1) is 10.6. The summed E-state index contributed by atoms with van der Waals surface area (Å²) in [4.78, 5) is 12.0. The third-order valence-electron chi connectivity index (χ3n) is 3.35. The quantitative estimate of drug-likeness (QED) is 0.524. The highest BCUT2D eigenvalue weighted by Crippen LogP contribution is 2.06. The van der Waals surface area contributed by atoms with Gasteiger partial charge in [-0.15, -0.1) is 0 Å². The molecule has 1 heterocycles. The first-order valence-corrected chi connectivity index (χ1v) is 7.21. The SMILES string of the molecule is CCn1ncc(C=NNC(=O)C(C)=Cc2ccccc2)c1C. The number of hydrazone groups is 1. The van der Waals surface area contributed by atoms with Crippen molar-refractivity contribution in [1.29, 1.82) is 0 Å². The molecule has 0 radical (unpaired) electrons. The second-order valence-corrected chi connectivity index (χ2v) is 4.94. The zero-order chi connectivity index (χ0) is 15.9. The number of amides is 1. The van der Waals surface area contributed by atoms with Crippen LogP contribution in [0.15, 0.2) is 47.2 Å². The minimum absolute atomic E-state index is 0.222. The number of hydrogen-bond donors (Lipinski definition) is 1. The number of aromatic nitrogens is 2. The Labute approximate surface area is 130 Å². The fraction of sp³-hybridized carbons (Fsp3) is 0.235. The maximum Gasteiger partial charge on any atom is 0.267 e. The second kappa shape index (κ2) is 7.36. The highest BCUT2D eigenvalue weighted by molar-refractivity contribution is 5.97. The summed E-state index contributed by atoms with van der Waals surface area (Å²) in [5.74, 6) is -0.222. The van der Waals surface area contributed by atoms with Gasteiger partial charge in [0.1, 0.15) is 0 Å². The van der Waals surface area contributed by atoms with Crippen molar-refractivity contribution in [2.24, 2.45) is 5.10 Å². The van der Waals surface area contributed by atoms with Crippen LogP contribution in [0.1, 0.15) is 30.7 Å². The lowest BCUT2D eigenvalue weighted by atomic mass is 10.1. The Balaban J connectivity index is 1.98. The van der Waals surface area contributed by atoms with Crippen LogP contribution < -0.4 is 5.43 Å². The highest BCUT2D eigenvalue weighted by Gasteiger charge is 2.04. The van der Waals surface area contributed by atoms with Crippen molar-refractivity contribution in [2.75, 3.05) is 0 Å². The number of nitrogens with one attached hydrogen (secondary N) is 1. The van der Waals surface area contributed by atoms with Crippen LogP contribution in [0.4, 0.5) is 0 Å². The molecule has 0 bridgehead atoms. The number of hydrogen-bond acceptors (Lipinski definition) is 3. The van der Waals surface area contributed by atoms with E-state index in [1.807, 2.05) is 54.9 Å². The van der Waals surface area contributed by atoms with Crippen LogP contribution in [-0.2, 0) is 11.3 Å². The fourth-order valence-corrected chi connectivity index (χ4v) is 2.02. The molecule has 5 nitrogen and oxygen atoms in total. The number of nitrogens with zero attached hydrogens (tertiary/aromatic N) is 3. The number of rotatable bonds is 5. The van der Waals surface area contributed by atoms with Gasteiger partial charge >= 0.3 is 0 Å². The predicted octanol–water partition coefficient (Wildman–Crippen LogP) is 2.77. The summed E-state index contributed by atoms with van der Waals surface area (Å²) >= 11 is 0. The Hall–Kier alpha value is -2.69. The van der Waals surface area contributed by atoms with Crippen LogP contribution in [0.3, 0.4) is 0 Å². The van der Waals surface area contributed by atoms with Crippen LogP contribution in [0.25, 0.3) is 6.08 Å². The van der Waals surface area contributed by atoms with Crippen molar-refractivity contribution in [3.63, 3.8) is 0 Å². The van der Waals surface area contributed by atoms with E-state index in [-0.39, 0.29) is 5.91 Å². The van der Waals surface area contributed by atoms with Gasteiger partial charge in [-0.3, -0.25) is 9.48 Å². The number of aryl methyl sites for hydroxylation is 1. The molecular formula is C17H20N4O. The van der Waals surface area contributed by atoms with E-state index in [1.165, 1.54) is 0 Å². The van der Waals surface area contributed by atoms with Crippen molar-refractivity contribution in [3.05, 3.63) is 58.9 Å². The number of carbonyl (C=O) groups is 1. The summed E-state index contributed by atoms with van der Waals surface area (Å²) in [7, 11) is 0. The minimum Gasteiger partial charge on any atom is -0.269 e. The zero-order valence-electron chi connectivity index (χ0n) is 13.1. The molecule has 1 N–H and O–H groups in total. The largest absolute Gasteiger partial charge is 0.269 e. The van der Waals surface area contributed by atoms with Gasteiger partial charge in [0, 0.05) is 23.4 Å². The number of carbonyl (C=O) groups excluding carboxylic acids is 1. The van der Waals surface area contributed by atoms with Crippen molar-refractivity contribution < 1.29 is 4.79 Å². The summed E-state index contributed by atoms with van der Waals surface area (Å²) in [6.45, 7) is 6.57. The Morgan fingerprint density at radius 3 is 2.73 bits per heavy atom. The van der Waals surface area contributed by atoms with Crippen molar-refractivity contribution in [3.8, 4) is 0 Å². The minimum atomic E-state index is -0.222. The first-order valence-electron chi connectivity index (χ1n) is 7.21. The van der Waals surface area contributed by atoms with E-state index in [9.17, 15) is 4.79 Å². The fourth-order valence-electron chi connectivity index (χ4n) is 2.02. The van der Waals surface area contributed by atoms with Gasteiger partial charge in [-0.25, -0.2) is 5.43 Å². The lowest BCUT2D eigenvalue weighted by Crippen LogP contribution is -2.18. The van der Waals surface area contributed by atoms with Gasteiger partial charge in [-0.05, 0) is 32.4 Å². The summed E-state index contributed by atoms with van der Waals surface area (Å²) in [5.41, 5.74) is 6.04. The maximum absolute atomic E-state index is 12.0. The third-order valence-corrected chi connectivity index (χ3v) is 3.35. The molecule has 2 aromatic rings. The maximum atomic E-state index is 12.0. The van der Waals surface area contributed by atoms with E-state index in [0.29, 0.717) is 5.57 Å². The van der Waals surface area contributed by atoms with E-state index in [1.54, 1.807) is 19.3 Å². The molecule has 0 unspecified atom stereocenters. The Morgan fingerprint density at radius 2 is 2.09 bits per heavy atom. The van der Waals surface area contributed by atoms with Gasteiger partial charge in [0.25, 0.3) is 5.91 Å². The summed E-state index contributed by atoms with van der Waals surface area (Å²) in [5, 5.41) is 8.22. The van der Waals surface area contributed by atoms with Crippen LogP contribution in [-0.4, -0.2) is 21.9 Å². The van der Waals surface area contributed by atoms with Gasteiger partial charge < -0.3 is 0 Å². The lowest BCUT2D eigenvalue weighted by molar-refractivity contribution is -0.117. The van der Waals surface area contributed by atoms with E-state index in [2.05, 4.69) is 15.6 Å². The Morgan fingerprint density at radius 1 is 1.36 bits per heavy atom. The van der Waals surface area contributed by atoms with Gasteiger partial charge in [-0.1, -0.05) is 30.3 Å². The van der Waals surface area contributed by atoms with Crippen molar-refractivity contribution >= 4 is 18.2 Å². The predicted molar refractivity (Wildman–Crippen MR) is 88.5 cm³/mol. The van der Waals surface area contributed by atoms with Crippen LogP contribution >= 0.6 is 0 Å². The normalized spacial score (nSPS) is 11.9. The third kappa shape index (κ3) is 3.91. The Kier molecular flexibility index (Phi) is 5.25. The average molecular weight is 296 g/mol.